The molecule has 1 rings (SSSR count). The van der Waals surface area contributed by atoms with Crippen LogP contribution in [0.15, 0.2) is 18.2 Å². The van der Waals surface area contributed by atoms with E-state index in [1.807, 2.05) is 0 Å². The van der Waals surface area contributed by atoms with E-state index in [9.17, 15) is 10.1 Å². The molecule has 1 aromatic rings. The van der Waals surface area contributed by atoms with Gasteiger partial charge in [-0.3, -0.25) is 10.1 Å². The summed E-state index contributed by atoms with van der Waals surface area (Å²) < 4.78 is 0. The first kappa shape index (κ1) is 15.9. The molecule has 2 unspecified atom stereocenters. The highest BCUT2D eigenvalue weighted by atomic mass is 35.5. The molecule has 106 valence electrons. The fourth-order valence-electron chi connectivity index (χ4n) is 2.39. The van der Waals surface area contributed by atoms with Crippen LogP contribution in [0.1, 0.15) is 32.8 Å². The Bertz CT molecular complexity index is 437. The summed E-state index contributed by atoms with van der Waals surface area (Å²) in [4.78, 5) is 10.7. The van der Waals surface area contributed by atoms with Crippen molar-refractivity contribution < 1.29 is 4.92 Å². The third-order valence-corrected chi connectivity index (χ3v) is 3.61. The molecule has 5 heteroatoms. The molecule has 0 fully saturated rings. The smallest absolute Gasteiger partial charge is 0.272 e. The lowest BCUT2D eigenvalue weighted by atomic mass is 9.91. The molecule has 0 aliphatic rings. The summed E-state index contributed by atoms with van der Waals surface area (Å²) >= 11 is 5.94. The average Bonchev–Trinajstić information content (AvgIpc) is 2.35. The molecule has 4 nitrogen and oxygen atoms in total. The Morgan fingerprint density at radius 1 is 1.42 bits per heavy atom. The number of benzene rings is 1. The monoisotopic (exact) mass is 284 g/mol. The van der Waals surface area contributed by atoms with Gasteiger partial charge in [0.1, 0.15) is 0 Å². The lowest BCUT2D eigenvalue weighted by Gasteiger charge is -2.23. The minimum atomic E-state index is -0.341. The summed E-state index contributed by atoms with van der Waals surface area (Å²) in [6.07, 6.45) is 1.66. The van der Waals surface area contributed by atoms with Gasteiger partial charge < -0.3 is 5.32 Å². The average molecular weight is 285 g/mol. The Balaban J connectivity index is 2.91. The molecule has 0 saturated carbocycles. The normalized spacial score (nSPS) is 14.1. The van der Waals surface area contributed by atoms with Crippen LogP contribution in [-0.4, -0.2) is 17.5 Å². The minimum absolute atomic E-state index is 0.155. The molecular weight excluding hydrogens is 264 g/mol. The summed E-state index contributed by atoms with van der Waals surface area (Å²) in [5, 5.41) is 15.0. The molecule has 1 N–H and O–H groups in total. The van der Waals surface area contributed by atoms with Gasteiger partial charge in [-0.1, -0.05) is 32.4 Å². The second kappa shape index (κ2) is 7.46. The van der Waals surface area contributed by atoms with Crippen LogP contribution in [0.4, 0.5) is 5.69 Å². The predicted octanol–water partition coefficient (Wildman–Crippen LogP) is 3.81. The molecule has 2 atom stereocenters. The van der Waals surface area contributed by atoms with Gasteiger partial charge in [-0.25, -0.2) is 0 Å². The fourth-order valence-corrected chi connectivity index (χ4v) is 2.59. The number of hydrogen-bond donors (Lipinski definition) is 1. The van der Waals surface area contributed by atoms with E-state index >= 15 is 0 Å². The Morgan fingerprint density at radius 2 is 2.11 bits per heavy atom. The maximum absolute atomic E-state index is 11.0. The van der Waals surface area contributed by atoms with Crippen LogP contribution in [0.2, 0.25) is 5.02 Å². The SMILES string of the molecule is CCNC(CC)C(C)Cc1cc(Cl)ccc1[N+](=O)[O-]. The second-order valence-corrected chi connectivity index (χ2v) is 5.22. The first-order chi connectivity index (χ1) is 8.99. The van der Waals surface area contributed by atoms with Gasteiger partial charge in [0.2, 0.25) is 0 Å². The van der Waals surface area contributed by atoms with E-state index in [-0.39, 0.29) is 10.6 Å². The molecule has 19 heavy (non-hydrogen) atoms. The van der Waals surface area contributed by atoms with Crippen LogP contribution < -0.4 is 5.32 Å². The highest BCUT2D eigenvalue weighted by Gasteiger charge is 2.20. The van der Waals surface area contributed by atoms with Gasteiger partial charge in [0.25, 0.3) is 5.69 Å². The maximum atomic E-state index is 11.0. The standard InChI is InChI=1S/C14H21ClN2O2/c1-4-13(16-5-2)10(3)8-11-9-12(15)6-7-14(11)17(18)19/h6-7,9-10,13,16H,4-5,8H2,1-3H3. The number of nitro groups is 1. The maximum Gasteiger partial charge on any atom is 0.272 e. The van der Waals surface area contributed by atoms with Crippen LogP contribution in [0, 0.1) is 16.0 Å². The van der Waals surface area contributed by atoms with Crippen molar-refractivity contribution in [2.24, 2.45) is 5.92 Å². The highest BCUT2D eigenvalue weighted by molar-refractivity contribution is 6.30. The molecule has 1 aromatic carbocycles. The van der Waals surface area contributed by atoms with Crippen molar-refractivity contribution in [3.63, 3.8) is 0 Å². The lowest BCUT2D eigenvalue weighted by Crippen LogP contribution is -2.35. The largest absolute Gasteiger partial charge is 0.314 e. The van der Waals surface area contributed by atoms with E-state index in [1.165, 1.54) is 6.07 Å². The summed E-state index contributed by atoms with van der Waals surface area (Å²) in [5.41, 5.74) is 0.865. The number of nitrogens with zero attached hydrogens (tertiary/aromatic N) is 1. The van der Waals surface area contributed by atoms with Crippen molar-refractivity contribution in [1.82, 2.24) is 5.32 Å². The molecule has 0 saturated heterocycles. The number of nitrogens with one attached hydrogen (secondary N) is 1. The Labute approximate surface area is 119 Å². The van der Waals surface area contributed by atoms with E-state index in [0.717, 1.165) is 13.0 Å². The number of rotatable bonds is 7. The fraction of sp³-hybridized carbons (Fsp3) is 0.571. The first-order valence-electron chi connectivity index (χ1n) is 6.65. The van der Waals surface area contributed by atoms with Crippen molar-refractivity contribution in [2.45, 2.75) is 39.7 Å². The van der Waals surface area contributed by atoms with E-state index in [4.69, 9.17) is 11.6 Å². The van der Waals surface area contributed by atoms with Gasteiger partial charge in [0.15, 0.2) is 0 Å². The lowest BCUT2D eigenvalue weighted by molar-refractivity contribution is -0.385. The molecule has 0 aromatic heterocycles. The van der Waals surface area contributed by atoms with Crippen LogP contribution in [0.3, 0.4) is 0 Å². The summed E-state index contributed by atoms with van der Waals surface area (Å²) in [7, 11) is 0. The summed E-state index contributed by atoms with van der Waals surface area (Å²) in [6, 6.07) is 5.12. The Hall–Kier alpha value is -1.13. The van der Waals surface area contributed by atoms with E-state index in [0.29, 0.717) is 29.0 Å². The molecule has 0 heterocycles. The Morgan fingerprint density at radius 3 is 2.63 bits per heavy atom. The zero-order valence-electron chi connectivity index (χ0n) is 11.6. The zero-order valence-corrected chi connectivity index (χ0v) is 12.4. The molecular formula is C14H21ClN2O2. The topological polar surface area (TPSA) is 55.2 Å². The summed E-state index contributed by atoms with van der Waals surface area (Å²) in [6.45, 7) is 7.20. The van der Waals surface area contributed by atoms with Crippen molar-refractivity contribution in [2.75, 3.05) is 6.54 Å². The quantitative estimate of drug-likeness (QED) is 0.612. The van der Waals surface area contributed by atoms with Crippen molar-refractivity contribution in [3.05, 3.63) is 38.9 Å². The van der Waals surface area contributed by atoms with Crippen LogP contribution in [0.25, 0.3) is 0 Å². The third kappa shape index (κ3) is 4.48. The van der Waals surface area contributed by atoms with Gasteiger partial charge in [-0.15, -0.1) is 0 Å². The molecule has 0 aliphatic carbocycles. The van der Waals surface area contributed by atoms with Gasteiger partial charge in [0.05, 0.1) is 4.92 Å². The van der Waals surface area contributed by atoms with Crippen LogP contribution in [0.5, 0.6) is 0 Å². The van der Waals surface area contributed by atoms with Gasteiger partial charge >= 0.3 is 0 Å². The van der Waals surface area contributed by atoms with Crippen LogP contribution in [-0.2, 0) is 6.42 Å². The molecule has 0 aliphatic heterocycles. The first-order valence-corrected chi connectivity index (χ1v) is 7.03. The second-order valence-electron chi connectivity index (χ2n) is 4.78. The highest BCUT2D eigenvalue weighted by Crippen LogP contribution is 2.26. The molecule has 0 spiro atoms. The molecule has 0 radical (unpaired) electrons. The van der Waals surface area contributed by atoms with Crippen molar-refractivity contribution >= 4 is 17.3 Å². The van der Waals surface area contributed by atoms with Crippen molar-refractivity contribution in [1.29, 1.82) is 0 Å². The predicted molar refractivity (Wildman–Crippen MR) is 78.7 cm³/mol. The van der Waals surface area contributed by atoms with E-state index in [2.05, 4.69) is 26.1 Å². The zero-order chi connectivity index (χ0) is 14.4. The third-order valence-electron chi connectivity index (χ3n) is 3.37. The van der Waals surface area contributed by atoms with Gasteiger partial charge in [0, 0.05) is 22.7 Å². The van der Waals surface area contributed by atoms with E-state index in [1.54, 1.807) is 12.1 Å². The Kier molecular flexibility index (Phi) is 6.25. The minimum Gasteiger partial charge on any atom is -0.314 e. The number of halogens is 1. The molecule has 0 bridgehead atoms. The van der Waals surface area contributed by atoms with E-state index < -0.39 is 0 Å². The van der Waals surface area contributed by atoms with Crippen LogP contribution >= 0.6 is 11.6 Å². The van der Waals surface area contributed by atoms with Gasteiger partial charge in [-0.05, 0) is 37.4 Å². The molecule has 0 amide bonds. The number of nitro benzene ring substituents is 1. The number of hydrogen-bond acceptors (Lipinski definition) is 3. The summed E-state index contributed by atoms with van der Waals surface area (Å²) in [5.74, 6) is 0.321. The van der Waals surface area contributed by atoms with Gasteiger partial charge in [-0.2, -0.15) is 0 Å². The van der Waals surface area contributed by atoms with Crippen molar-refractivity contribution in [3.8, 4) is 0 Å².